The topological polar surface area (TPSA) is 12.0 Å². The highest BCUT2D eigenvalue weighted by molar-refractivity contribution is 8.00. The van der Waals surface area contributed by atoms with Crippen LogP contribution in [0.5, 0.6) is 0 Å². The molecule has 0 spiro atoms. The molecule has 2 rings (SSSR count). The summed E-state index contributed by atoms with van der Waals surface area (Å²) >= 11 is 2.08. The van der Waals surface area contributed by atoms with Gasteiger partial charge in [-0.2, -0.15) is 0 Å². The van der Waals surface area contributed by atoms with Crippen LogP contribution in [0.2, 0.25) is 0 Å². The molecule has 0 aromatic heterocycles. The van der Waals surface area contributed by atoms with E-state index in [1.54, 1.807) is 0 Å². The number of hydrogen-bond acceptors (Lipinski definition) is 2. The van der Waals surface area contributed by atoms with Gasteiger partial charge in [-0.05, 0) is 44.2 Å². The maximum atomic E-state index is 3.69. The molecule has 0 saturated heterocycles. The summed E-state index contributed by atoms with van der Waals surface area (Å²) in [5.74, 6) is 0.747. The quantitative estimate of drug-likeness (QED) is 0.729. The average Bonchev–Trinajstić information content (AvgIpc) is 2.83. The molecule has 0 amide bonds. The number of rotatable bonds is 6. The molecule has 106 valence electrons. The van der Waals surface area contributed by atoms with Gasteiger partial charge in [0, 0.05) is 21.9 Å². The molecular weight excluding hydrogens is 250 g/mol. The molecule has 0 heterocycles. The molecule has 2 heteroatoms. The van der Waals surface area contributed by atoms with Crippen molar-refractivity contribution in [3.8, 4) is 0 Å². The minimum absolute atomic E-state index is 0.547. The lowest BCUT2D eigenvalue weighted by atomic mass is 10.1. The van der Waals surface area contributed by atoms with E-state index in [0.29, 0.717) is 6.04 Å². The lowest BCUT2D eigenvalue weighted by Crippen LogP contribution is -2.18. The maximum Gasteiger partial charge on any atom is 0.0480 e. The van der Waals surface area contributed by atoms with E-state index in [2.05, 4.69) is 62.1 Å². The number of benzene rings is 1. The molecule has 19 heavy (non-hydrogen) atoms. The van der Waals surface area contributed by atoms with Crippen LogP contribution in [0.3, 0.4) is 0 Å². The number of para-hydroxylation sites is 1. The van der Waals surface area contributed by atoms with E-state index in [1.807, 2.05) is 0 Å². The fourth-order valence-corrected chi connectivity index (χ4v) is 4.25. The van der Waals surface area contributed by atoms with Crippen molar-refractivity contribution in [2.45, 2.75) is 69.1 Å². The smallest absolute Gasteiger partial charge is 0.0480 e. The Morgan fingerprint density at radius 2 is 1.84 bits per heavy atom. The van der Waals surface area contributed by atoms with E-state index in [-0.39, 0.29) is 0 Å². The highest BCUT2D eigenvalue weighted by Gasteiger charge is 2.18. The predicted molar refractivity (Wildman–Crippen MR) is 87.1 cm³/mol. The summed E-state index contributed by atoms with van der Waals surface area (Å²) in [5, 5.41) is 4.53. The first kappa shape index (κ1) is 14.8. The summed E-state index contributed by atoms with van der Waals surface area (Å²) < 4.78 is 0. The molecule has 1 aromatic carbocycles. The highest BCUT2D eigenvalue weighted by atomic mass is 32.2. The third-order valence-electron chi connectivity index (χ3n) is 3.71. The first-order valence-corrected chi connectivity index (χ1v) is 8.55. The van der Waals surface area contributed by atoms with Crippen molar-refractivity contribution in [3.05, 3.63) is 24.3 Å². The minimum atomic E-state index is 0.547. The average molecular weight is 277 g/mol. The lowest BCUT2D eigenvalue weighted by Gasteiger charge is -2.20. The van der Waals surface area contributed by atoms with Gasteiger partial charge < -0.3 is 5.32 Å². The molecule has 1 fully saturated rings. The molecule has 1 atom stereocenters. The Labute approximate surface area is 122 Å². The molecule has 0 bridgehead atoms. The Bertz CT molecular complexity index is 383. The van der Waals surface area contributed by atoms with Gasteiger partial charge in [-0.15, -0.1) is 11.8 Å². The van der Waals surface area contributed by atoms with Crippen LogP contribution in [0.15, 0.2) is 29.2 Å². The van der Waals surface area contributed by atoms with Crippen molar-refractivity contribution in [2.24, 2.45) is 5.92 Å². The lowest BCUT2D eigenvalue weighted by molar-refractivity contribution is 0.539. The Hall–Kier alpha value is -0.630. The zero-order valence-electron chi connectivity index (χ0n) is 12.5. The van der Waals surface area contributed by atoms with Crippen LogP contribution >= 0.6 is 11.8 Å². The number of anilines is 1. The Morgan fingerprint density at radius 1 is 1.16 bits per heavy atom. The molecule has 1 aliphatic carbocycles. The number of hydrogen-bond donors (Lipinski definition) is 1. The highest BCUT2D eigenvalue weighted by Crippen LogP contribution is 2.38. The standard InChI is InChI=1S/C17H27NS/c1-13(2)12-14(3)18-16-10-6-7-11-17(16)19-15-8-4-5-9-15/h6-7,10-11,13-15,18H,4-5,8-9,12H2,1-3H3. The SMILES string of the molecule is CC(C)CC(C)Nc1ccccc1SC1CCCC1. The van der Waals surface area contributed by atoms with Crippen LogP contribution in [0.4, 0.5) is 5.69 Å². The molecule has 1 aromatic rings. The van der Waals surface area contributed by atoms with Gasteiger partial charge in [0.2, 0.25) is 0 Å². The monoisotopic (exact) mass is 277 g/mol. The summed E-state index contributed by atoms with van der Waals surface area (Å²) in [6.45, 7) is 6.87. The van der Waals surface area contributed by atoms with Gasteiger partial charge in [0.15, 0.2) is 0 Å². The van der Waals surface area contributed by atoms with E-state index >= 15 is 0 Å². The Morgan fingerprint density at radius 3 is 2.53 bits per heavy atom. The van der Waals surface area contributed by atoms with Crippen molar-refractivity contribution >= 4 is 17.4 Å². The van der Waals surface area contributed by atoms with Gasteiger partial charge in [0.25, 0.3) is 0 Å². The van der Waals surface area contributed by atoms with E-state index < -0.39 is 0 Å². The second-order valence-corrected chi connectivity index (χ2v) is 7.54. The largest absolute Gasteiger partial charge is 0.382 e. The zero-order valence-corrected chi connectivity index (χ0v) is 13.3. The molecule has 1 aliphatic rings. The van der Waals surface area contributed by atoms with Crippen LogP contribution in [-0.2, 0) is 0 Å². The van der Waals surface area contributed by atoms with Gasteiger partial charge in [0.05, 0.1) is 0 Å². The van der Waals surface area contributed by atoms with Crippen LogP contribution < -0.4 is 5.32 Å². The molecule has 1 saturated carbocycles. The number of thioether (sulfide) groups is 1. The van der Waals surface area contributed by atoms with Crippen LogP contribution in [0.1, 0.15) is 52.9 Å². The second kappa shape index (κ2) is 7.23. The maximum absolute atomic E-state index is 3.69. The minimum Gasteiger partial charge on any atom is -0.382 e. The molecule has 0 radical (unpaired) electrons. The summed E-state index contributed by atoms with van der Waals surface area (Å²) in [6.07, 6.45) is 6.83. The van der Waals surface area contributed by atoms with E-state index in [1.165, 1.54) is 42.7 Å². The summed E-state index contributed by atoms with van der Waals surface area (Å²) in [6, 6.07) is 9.35. The van der Waals surface area contributed by atoms with Crippen molar-refractivity contribution in [2.75, 3.05) is 5.32 Å². The fourth-order valence-electron chi connectivity index (χ4n) is 2.91. The molecule has 1 unspecified atom stereocenters. The van der Waals surface area contributed by atoms with Gasteiger partial charge in [-0.1, -0.05) is 38.8 Å². The van der Waals surface area contributed by atoms with E-state index in [0.717, 1.165) is 11.2 Å². The van der Waals surface area contributed by atoms with Crippen molar-refractivity contribution < 1.29 is 0 Å². The Balaban J connectivity index is 1.98. The van der Waals surface area contributed by atoms with E-state index in [9.17, 15) is 0 Å². The van der Waals surface area contributed by atoms with Gasteiger partial charge in [-0.25, -0.2) is 0 Å². The van der Waals surface area contributed by atoms with Crippen LogP contribution in [-0.4, -0.2) is 11.3 Å². The second-order valence-electron chi connectivity index (χ2n) is 6.20. The third-order valence-corrected chi connectivity index (χ3v) is 5.12. The molecule has 0 aliphatic heterocycles. The van der Waals surface area contributed by atoms with Gasteiger partial charge in [0.1, 0.15) is 0 Å². The first-order chi connectivity index (χ1) is 9.15. The van der Waals surface area contributed by atoms with Gasteiger partial charge in [-0.3, -0.25) is 0 Å². The van der Waals surface area contributed by atoms with Crippen molar-refractivity contribution in [1.29, 1.82) is 0 Å². The summed E-state index contributed by atoms with van der Waals surface area (Å²) in [5.41, 5.74) is 1.33. The van der Waals surface area contributed by atoms with Crippen molar-refractivity contribution in [3.63, 3.8) is 0 Å². The summed E-state index contributed by atoms with van der Waals surface area (Å²) in [4.78, 5) is 1.44. The van der Waals surface area contributed by atoms with E-state index in [4.69, 9.17) is 0 Å². The van der Waals surface area contributed by atoms with Crippen LogP contribution in [0, 0.1) is 5.92 Å². The fraction of sp³-hybridized carbons (Fsp3) is 0.647. The predicted octanol–water partition coefficient (Wildman–Crippen LogP) is 5.57. The zero-order chi connectivity index (χ0) is 13.7. The van der Waals surface area contributed by atoms with Crippen molar-refractivity contribution in [1.82, 2.24) is 0 Å². The Kier molecular flexibility index (Phi) is 5.62. The molecule has 1 N–H and O–H groups in total. The van der Waals surface area contributed by atoms with Crippen LogP contribution in [0.25, 0.3) is 0 Å². The van der Waals surface area contributed by atoms with Gasteiger partial charge >= 0.3 is 0 Å². The third kappa shape index (κ3) is 4.76. The number of nitrogens with one attached hydrogen (secondary N) is 1. The molecule has 1 nitrogen and oxygen atoms in total. The molecular formula is C17H27NS. The normalized spacial score (nSPS) is 17.9. The summed E-state index contributed by atoms with van der Waals surface area (Å²) in [7, 11) is 0. The first-order valence-electron chi connectivity index (χ1n) is 7.67.